The van der Waals surface area contributed by atoms with Gasteiger partial charge in [-0.25, -0.2) is 4.79 Å². The Bertz CT molecular complexity index is 942. The third kappa shape index (κ3) is 9.92. The van der Waals surface area contributed by atoms with Gasteiger partial charge < -0.3 is 25.6 Å². The Hall–Kier alpha value is -2.92. The van der Waals surface area contributed by atoms with Crippen molar-refractivity contribution in [3.63, 3.8) is 0 Å². The Kier molecular flexibility index (Phi) is 10.5. The summed E-state index contributed by atoms with van der Waals surface area (Å²) in [5.74, 6) is -0.491. The molecule has 1 aromatic rings. The highest BCUT2D eigenvalue weighted by atomic mass is 32.2. The molecule has 9 nitrogen and oxygen atoms in total. The van der Waals surface area contributed by atoms with Crippen LogP contribution >= 0.6 is 24.0 Å². The van der Waals surface area contributed by atoms with Crippen molar-refractivity contribution in [1.29, 1.82) is 0 Å². The molecule has 1 aliphatic heterocycles. The minimum absolute atomic E-state index is 0.142. The Morgan fingerprint density at radius 1 is 1.15 bits per heavy atom. The first-order valence-electron chi connectivity index (χ1n) is 10.9. The SMILES string of the molecule is CC(C)(C)OC(=O)NCC(=O)NCCCCCN(C=O)c1ccc(/C=C2\SC(=S)NC2=O)cc1. The van der Waals surface area contributed by atoms with E-state index in [1.807, 2.05) is 24.3 Å². The average molecular weight is 507 g/mol. The van der Waals surface area contributed by atoms with E-state index < -0.39 is 11.7 Å². The first-order chi connectivity index (χ1) is 16.1. The van der Waals surface area contributed by atoms with Crippen molar-refractivity contribution >= 4 is 64.4 Å². The highest BCUT2D eigenvalue weighted by Gasteiger charge is 2.22. The lowest BCUT2D eigenvalue weighted by Gasteiger charge is -2.19. The number of anilines is 1. The van der Waals surface area contributed by atoms with Crippen molar-refractivity contribution in [2.75, 3.05) is 24.5 Å². The lowest BCUT2D eigenvalue weighted by atomic mass is 10.1. The van der Waals surface area contributed by atoms with Crippen molar-refractivity contribution in [3.05, 3.63) is 34.7 Å². The van der Waals surface area contributed by atoms with Crippen molar-refractivity contribution in [3.8, 4) is 0 Å². The van der Waals surface area contributed by atoms with Gasteiger partial charge in [0.2, 0.25) is 12.3 Å². The van der Waals surface area contributed by atoms with Gasteiger partial charge in [0, 0.05) is 18.8 Å². The number of hydrogen-bond donors (Lipinski definition) is 3. The molecule has 0 aliphatic carbocycles. The van der Waals surface area contributed by atoms with Crippen LogP contribution in [-0.2, 0) is 19.1 Å². The smallest absolute Gasteiger partial charge is 0.408 e. The van der Waals surface area contributed by atoms with Crippen LogP contribution in [0.2, 0.25) is 0 Å². The van der Waals surface area contributed by atoms with Crippen LogP contribution < -0.4 is 20.9 Å². The lowest BCUT2D eigenvalue weighted by Crippen LogP contribution is -2.39. The summed E-state index contributed by atoms with van der Waals surface area (Å²) >= 11 is 6.20. The second kappa shape index (κ2) is 13.1. The van der Waals surface area contributed by atoms with Gasteiger partial charge in [-0.3, -0.25) is 14.4 Å². The van der Waals surface area contributed by atoms with E-state index in [1.165, 1.54) is 11.8 Å². The number of alkyl carbamates (subject to hydrolysis) is 1. The van der Waals surface area contributed by atoms with Crippen LogP contribution in [0.3, 0.4) is 0 Å². The van der Waals surface area contributed by atoms with Crippen LogP contribution in [0.5, 0.6) is 0 Å². The third-order valence-corrected chi connectivity index (χ3v) is 5.64. The quantitative estimate of drug-likeness (QED) is 0.183. The second-order valence-corrected chi connectivity index (χ2v) is 10.2. The molecular formula is C23H30N4O5S2. The molecule has 34 heavy (non-hydrogen) atoms. The molecule has 1 heterocycles. The van der Waals surface area contributed by atoms with Gasteiger partial charge in [0.05, 0.1) is 11.4 Å². The maximum absolute atomic E-state index is 11.8. The van der Waals surface area contributed by atoms with Crippen molar-refractivity contribution in [2.24, 2.45) is 0 Å². The van der Waals surface area contributed by atoms with E-state index in [1.54, 1.807) is 31.7 Å². The number of amides is 4. The Labute approximate surface area is 209 Å². The van der Waals surface area contributed by atoms with Gasteiger partial charge in [-0.2, -0.15) is 0 Å². The number of carbonyl (C=O) groups is 4. The van der Waals surface area contributed by atoms with Gasteiger partial charge in [0.25, 0.3) is 5.91 Å². The molecule has 11 heteroatoms. The number of thioether (sulfide) groups is 1. The zero-order chi connectivity index (χ0) is 25.1. The van der Waals surface area contributed by atoms with Gasteiger partial charge >= 0.3 is 6.09 Å². The minimum Gasteiger partial charge on any atom is -0.444 e. The first-order valence-corrected chi connectivity index (χ1v) is 12.1. The van der Waals surface area contributed by atoms with E-state index in [9.17, 15) is 19.2 Å². The van der Waals surface area contributed by atoms with Crippen molar-refractivity contribution in [2.45, 2.75) is 45.6 Å². The summed E-state index contributed by atoms with van der Waals surface area (Å²) in [4.78, 5) is 48.8. The highest BCUT2D eigenvalue weighted by molar-refractivity contribution is 8.26. The number of thiocarbonyl (C=S) groups is 1. The topological polar surface area (TPSA) is 117 Å². The molecule has 1 fully saturated rings. The average Bonchev–Trinajstić information content (AvgIpc) is 3.08. The molecule has 0 atom stereocenters. The molecule has 2 rings (SSSR count). The van der Waals surface area contributed by atoms with Gasteiger partial charge in [-0.05, 0) is 63.8 Å². The molecule has 4 amide bonds. The summed E-state index contributed by atoms with van der Waals surface area (Å²) in [6.45, 7) is 6.13. The normalized spacial score (nSPS) is 14.5. The summed E-state index contributed by atoms with van der Waals surface area (Å²) < 4.78 is 5.51. The third-order valence-electron chi connectivity index (χ3n) is 4.48. The fourth-order valence-corrected chi connectivity index (χ4v) is 3.96. The number of nitrogens with zero attached hydrogens (tertiary/aromatic N) is 1. The number of ether oxygens (including phenoxy) is 1. The fourth-order valence-electron chi connectivity index (χ4n) is 2.92. The number of rotatable bonds is 11. The highest BCUT2D eigenvalue weighted by Crippen LogP contribution is 2.26. The van der Waals surface area contributed by atoms with Crippen LogP contribution in [0.15, 0.2) is 29.2 Å². The summed E-state index contributed by atoms with van der Waals surface area (Å²) in [5, 5.41) is 7.73. The van der Waals surface area contributed by atoms with Crippen LogP contribution in [0.4, 0.5) is 10.5 Å². The molecule has 0 bridgehead atoms. The summed E-state index contributed by atoms with van der Waals surface area (Å²) in [5.41, 5.74) is 0.989. The molecule has 1 aliphatic rings. The van der Waals surface area contributed by atoms with Gasteiger partial charge in [0.15, 0.2) is 0 Å². The lowest BCUT2D eigenvalue weighted by molar-refractivity contribution is -0.120. The summed E-state index contributed by atoms with van der Waals surface area (Å²) in [7, 11) is 0. The van der Waals surface area contributed by atoms with Crippen molar-refractivity contribution in [1.82, 2.24) is 16.0 Å². The van der Waals surface area contributed by atoms with Crippen LogP contribution in [0.1, 0.15) is 45.6 Å². The Morgan fingerprint density at radius 3 is 2.44 bits per heavy atom. The molecule has 1 aromatic carbocycles. The number of nitrogens with one attached hydrogen (secondary N) is 3. The number of unbranched alkanes of at least 4 members (excludes halogenated alkanes) is 2. The standard InChI is InChI=1S/C23H30N4O5S2/c1-23(2,3)32-21(31)25-14-19(29)24-11-5-4-6-12-27(15-28)17-9-7-16(8-10-17)13-18-20(30)26-22(33)34-18/h7-10,13,15H,4-6,11-12,14H2,1-3H3,(H,24,29)(H,25,31)(H,26,30,33)/b18-13-. The number of carbonyl (C=O) groups excluding carboxylic acids is 4. The largest absolute Gasteiger partial charge is 0.444 e. The number of hydrogen-bond acceptors (Lipinski definition) is 7. The molecule has 1 saturated heterocycles. The van der Waals surface area contributed by atoms with Crippen LogP contribution in [0, 0.1) is 0 Å². The van der Waals surface area contributed by atoms with Crippen LogP contribution in [0.25, 0.3) is 6.08 Å². The molecular weight excluding hydrogens is 476 g/mol. The van der Waals surface area contributed by atoms with Crippen molar-refractivity contribution < 1.29 is 23.9 Å². The van der Waals surface area contributed by atoms with Crippen LogP contribution in [-0.4, -0.2) is 53.9 Å². The van der Waals surface area contributed by atoms with E-state index in [4.69, 9.17) is 17.0 Å². The van der Waals surface area contributed by atoms with E-state index >= 15 is 0 Å². The Balaban J connectivity index is 1.66. The summed E-state index contributed by atoms with van der Waals surface area (Å²) in [6.07, 6.45) is 4.25. The molecule has 0 unspecified atom stereocenters. The van der Waals surface area contributed by atoms with E-state index in [0.717, 1.165) is 36.9 Å². The van der Waals surface area contributed by atoms with E-state index in [0.29, 0.717) is 22.3 Å². The Morgan fingerprint density at radius 2 is 1.85 bits per heavy atom. The second-order valence-electron chi connectivity index (χ2n) is 8.51. The molecule has 184 valence electrons. The molecule has 3 N–H and O–H groups in total. The monoisotopic (exact) mass is 506 g/mol. The predicted octanol–water partition coefficient (Wildman–Crippen LogP) is 2.95. The number of benzene rings is 1. The van der Waals surface area contributed by atoms with Gasteiger partial charge in [-0.1, -0.05) is 36.1 Å². The van der Waals surface area contributed by atoms with E-state index in [-0.39, 0.29) is 18.4 Å². The zero-order valence-corrected chi connectivity index (χ0v) is 21.1. The minimum atomic E-state index is -0.631. The molecule has 0 saturated carbocycles. The van der Waals surface area contributed by atoms with Gasteiger partial charge in [-0.15, -0.1) is 0 Å². The van der Waals surface area contributed by atoms with Gasteiger partial charge in [0.1, 0.15) is 9.92 Å². The molecule has 0 radical (unpaired) electrons. The molecule has 0 aromatic heterocycles. The predicted molar refractivity (Wildman–Crippen MR) is 137 cm³/mol. The summed E-state index contributed by atoms with van der Waals surface area (Å²) in [6, 6.07) is 7.34. The molecule has 0 spiro atoms. The zero-order valence-electron chi connectivity index (χ0n) is 19.5. The first kappa shape index (κ1) is 27.3. The fraction of sp³-hybridized carbons (Fsp3) is 0.435. The maximum Gasteiger partial charge on any atom is 0.408 e. The van der Waals surface area contributed by atoms with E-state index in [2.05, 4.69) is 16.0 Å². The maximum atomic E-state index is 11.8.